The number of hydrogen-bond donors (Lipinski definition) is 2. The molecule has 0 saturated heterocycles. The predicted molar refractivity (Wildman–Crippen MR) is 92.7 cm³/mol. The van der Waals surface area contributed by atoms with Crippen molar-refractivity contribution in [2.24, 2.45) is 5.73 Å². The summed E-state index contributed by atoms with van der Waals surface area (Å²) in [6, 6.07) is 6.39. The van der Waals surface area contributed by atoms with E-state index in [0.29, 0.717) is 38.7 Å². The summed E-state index contributed by atoms with van der Waals surface area (Å²) >= 11 is 0. The Kier molecular flexibility index (Phi) is 10.6. The number of sulfonamides is 1. The van der Waals surface area contributed by atoms with Gasteiger partial charge in [0.05, 0.1) is 37.9 Å². The van der Waals surface area contributed by atoms with Gasteiger partial charge in [0.15, 0.2) is 0 Å². The van der Waals surface area contributed by atoms with Crippen molar-refractivity contribution in [2.75, 3.05) is 46.1 Å². The number of rotatable bonds is 14. The molecule has 0 aliphatic carbocycles. The molecule has 0 amide bonds. The molecular formula is C16H28N2O5S. The van der Waals surface area contributed by atoms with Crippen LogP contribution in [0.15, 0.2) is 29.2 Å². The van der Waals surface area contributed by atoms with E-state index < -0.39 is 10.0 Å². The third-order valence-corrected chi connectivity index (χ3v) is 4.55. The minimum absolute atomic E-state index is 0.202. The molecule has 0 radical (unpaired) electrons. The molecule has 0 heterocycles. The third-order valence-electron chi connectivity index (χ3n) is 3.07. The monoisotopic (exact) mass is 360 g/mol. The van der Waals surface area contributed by atoms with Crippen LogP contribution in [-0.2, 0) is 19.5 Å². The van der Waals surface area contributed by atoms with E-state index in [1.54, 1.807) is 12.1 Å². The first kappa shape index (κ1) is 20.9. The standard InChI is InChI=1S/C16H28N2O5S/c1-2-3-10-23-15-4-6-16(7-5-15)24(19,20)18-9-12-22-14-13-21-11-8-17/h4-7,18H,2-3,8-14,17H2,1H3. The fraction of sp³-hybridized carbons (Fsp3) is 0.625. The molecule has 0 fully saturated rings. The fourth-order valence-electron chi connectivity index (χ4n) is 1.79. The summed E-state index contributed by atoms with van der Waals surface area (Å²) in [6.07, 6.45) is 2.02. The van der Waals surface area contributed by atoms with Crippen molar-refractivity contribution in [1.29, 1.82) is 0 Å². The van der Waals surface area contributed by atoms with Crippen LogP contribution in [0.2, 0.25) is 0 Å². The van der Waals surface area contributed by atoms with Crippen molar-refractivity contribution in [3.63, 3.8) is 0 Å². The Morgan fingerprint density at radius 2 is 1.67 bits per heavy atom. The Hall–Kier alpha value is -1.19. The summed E-state index contributed by atoms with van der Waals surface area (Å²) in [5, 5.41) is 0. The summed E-state index contributed by atoms with van der Waals surface area (Å²) in [7, 11) is -3.54. The van der Waals surface area contributed by atoms with Gasteiger partial charge in [-0.25, -0.2) is 13.1 Å². The Bertz CT molecular complexity index is 534. The first-order chi connectivity index (χ1) is 11.6. The number of hydrogen-bond acceptors (Lipinski definition) is 6. The topological polar surface area (TPSA) is 99.9 Å². The lowest BCUT2D eigenvalue weighted by Crippen LogP contribution is -2.27. The highest BCUT2D eigenvalue weighted by Gasteiger charge is 2.13. The van der Waals surface area contributed by atoms with Crippen LogP contribution >= 0.6 is 0 Å². The molecule has 0 aliphatic rings. The number of nitrogens with two attached hydrogens (primary N) is 1. The van der Waals surface area contributed by atoms with E-state index in [0.717, 1.165) is 12.8 Å². The van der Waals surface area contributed by atoms with E-state index in [1.807, 2.05) is 0 Å². The highest BCUT2D eigenvalue weighted by atomic mass is 32.2. The Morgan fingerprint density at radius 3 is 2.29 bits per heavy atom. The maximum Gasteiger partial charge on any atom is 0.240 e. The van der Waals surface area contributed by atoms with Crippen LogP contribution < -0.4 is 15.2 Å². The predicted octanol–water partition coefficient (Wildman–Crippen LogP) is 1.14. The smallest absolute Gasteiger partial charge is 0.240 e. The van der Waals surface area contributed by atoms with Crippen LogP contribution in [0.1, 0.15) is 19.8 Å². The minimum atomic E-state index is -3.54. The van der Waals surface area contributed by atoms with Gasteiger partial charge in [-0.05, 0) is 30.7 Å². The van der Waals surface area contributed by atoms with Crippen LogP contribution in [0.5, 0.6) is 5.75 Å². The zero-order chi connectivity index (χ0) is 17.7. The van der Waals surface area contributed by atoms with Gasteiger partial charge < -0.3 is 19.9 Å². The molecule has 8 heteroatoms. The van der Waals surface area contributed by atoms with Crippen LogP contribution in [-0.4, -0.2) is 54.5 Å². The molecular weight excluding hydrogens is 332 g/mol. The first-order valence-corrected chi connectivity index (χ1v) is 9.66. The van der Waals surface area contributed by atoms with E-state index in [2.05, 4.69) is 11.6 Å². The summed E-state index contributed by atoms with van der Waals surface area (Å²) in [5.41, 5.74) is 5.28. The summed E-state index contributed by atoms with van der Waals surface area (Å²) in [4.78, 5) is 0.205. The summed E-state index contributed by atoms with van der Waals surface area (Å²) < 4.78 is 42.7. The number of nitrogens with one attached hydrogen (secondary N) is 1. The van der Waals surface area contributed by atoms with Crippen LogP contribution in [0.25, 0.3) is 0 Å². The van der Waals surface area contributed by atoms with Crippen molar-refractivity contribution in [2.45, 2.75) is 24.7 Å². The molecule has 0 unspecified atom stereocenters. The Morgan fingerprint density at radius 1 is 1.00 bits per heavy atom. The average molecular weight is 360 g/mol. The maximum atomic E-state index is 12.1. The lowest BCUT2D eigenvalue weighted by molar-refractivity contribution is 0.0530. The second-order valence-corrected chi connectivity index (χ2v) is 6.85. The van der Waals surface area contributed by atoms with Gasteiger partial charge in [0.25, 0.3) is 0 Å². The van der Waals surface area contributed by atoms with Gasteiger partial charge >= 0.3 is 0 Å². The van der Waals surface area contributed by atoms with Gasteiger partial charge in [0, 0.05) is 13.1 Å². The summed E-state index contributed by atoms with van der Waals surface area (Å²) in [6.45, 7) is 5.03. The van der Waals surface area contributed by atoms with E-state index >= 15 is 0 Å². The second-order valence-electron chi connectivity index (χ2n) is 5.08. The highest BCUT2D eigenvalue weighted by Crippen LogP contribution is 2.16. The van der Waals surface area contributed by atoms with E-state index in [1.165, 1.54) is 12.1 Å². The normalized spacial score (nSPS) is 11.6. The highest BCUT2D eigenvalue weighted by molar-refractivity contribution is 7.89. The Labute approximate surface area is 144 Å². The van der Waals surface area contributed by atoms with Crippen molar-refractivity contribution < 1.29 is 22.6 Å². The zero-order valence-electron chi connectivity index (χ0n) is 14.2. The largest absolute Gasteiger partial charge is 0.494 e. The van der Waals surface area contributed by atoms with E-state index in [-0.39, 0.29) is 18.0 Å². The maximum absolute atomic E-state index is 12.1. The summed E-state index contributed by atoms with van der Waals surface area (Å²) in [5.74, 6) is 0.670. The molecule has 0 aromatic heterocycles. The zero-order valence-corrected chi connectivity index (χ0v) is 15.0. The van der Waals surface area contributed by atoms with E-state index in [4.69, 9.17) is 19.9 Å². The fourth-order valence-corrected chi connectivity index (χ4v) is 2.80. The van der Waals surface area contributed by atoms with Crippen LogP contribution in [0.3, 0.4) is 0 Å². The SMILES string of the molecule is CCCCOc1ccc(S(=O)(=O)NCCOCCOCCN)cc1. The van der Waals surface area contributed by atoms with Crippen LogP contribution in [0.4, 0.5) is 0 Å². The van der Waals surface area contributed by atoms with Crippen molar-refractivity contribution in [1.82, 2.24) is 4.72 Å². The molecule has 3 N–H and O–H groups in total. The molecule has 24 heavy (non-hydrogen) atoms. The van der Waals surface area contributed by atoms with Gasteiger partial charge in [0.1, 0.15) is 5.75 Å². The number of ether oxygens (including phenoxy) is 3. The Balaban J connectivity index is 2.29. The molecule has 1 aromatic rings. The third kappa shape index (κ3) is 8.60. The number of unbranched alkanes of at least 4 members (excludes halogenated alkanes) is 1. The average Bonchev–Trinajstić information content (AvgIpc) is 2.58. The molecule has 7 nitrogen and oxygen atoms in total. The lowest BCUT2D eigenvalue weighted by atomic mass is 10.3. The molecule has 0 saturated carbocycles. The molecule has 138 valence electrons. The van der Waals surface area contributed by atoms with Crippen molar-refractivity contribution in [3.8, 4) is 5.75 Å². The molecule has 0 atom stereocenters. The quantitative estimate of drug-likeness (QED) is 0.483. The van der Waals surface area contributed by atoms with E-state index in [9.17, 15) is 8.42 Å². The first-order valence-electron chi connectivity index (χ1n) is 8.18. The van der Waals surface area contributed by atoms with Crippen LogP contribution in [0, 0.1) is 0 Å². The second kappa shape index (κ2) is 12.2. The van der Waals surface area contributed by atoms with Gasteiger partial charge in [-0.1, -0.05) is 13.3 Å². The molecule has 0 bridgehead atoms. The van der Waals surface area contributed by atoms with Crippen molar-refractivity contribution >= 4 is 10.0 Å². The molecule has 0 spiro atoms. The van der Waals surface area contributed by atoms with Gasteiger partial charge in [0.2, 0.25) is 10.0 Å². The van der Waals surface area contributed by atoms with Gasteiger partial charge in [-0.2, -0.15) is 0 Å². The lowest BCUT2D eigenvalue weighted by Gasteiger charge is -2.09. The number of benzene rings is 1. The molecule has 1 aromatic carbocycles. The van der Waals surface area contributed by atoms with Gasteiger partial charge in [-0.3, -0.25) is 0 Å². The van der Waals surface area contributed by atoms with Crippen molar-refractivity contribution in [3.05, 3.63) is 24.3 Å². The molecule has 1 rings (SSSR count). The minimum Gasteiger partial charge on any atom is -0.494 e. The van der Waals surface area contributed by atoms with Gasteiger partial charge in [-0.15, -0.1) is 0 Å². The molecule has 0 aliphatic heterocycles.